The van der Waals surface area contributed by atoms with Crippen molar-refractivity contribution in [1.29, 1.82) is 0 Å². The van der Waals surface area contributed by atoms with Gasteiger partial charge in [-0.05, 0) is 49.3 Å². The largest absolute Gasteiger partial charge is 0.366 e. The average Bonchev–Trinajstić information content (AvgIpc) is 3.08. The van der Waals surface area contributed by atoms with Gasteiger partial charge in [0.2, 0.25) is 0 Å². The number of halogens is 2. The molecule has 1 saturated carbocycles. The van der Waals surface area contributed by atoms with Crippen LogP contribution in [0.4, 0.5) is 10.1 Å². The maximum Gasteiger partial charge on any atom is 0.146 e. The Morgan fingerprint density at radius 2 is 1.95 bits per heavy atom. The van der Waals surface area contributed by atoms with Crippen molar-refractivity contribution < 1.29 is 4.39 Å². The standard InChI is InChI=1S/C16H21ClFN/c17-11-12-7-8-16(14(18)10-12)19-9-3-6-15(19)13-4-1-2-5-13/h7-8,10,13,15H,1-6,9,11H2. The van der Waals surface area contributed by atoms with Crippen molar-refractivity contribution >= 4 is 17.3 Å². The fraction of sp³-hybridized carbons (Fsp3) is 0.625. The Balaban J connectivity index is 1.83. The van der Waals surface area contributed by atoms with Crippen molar-refractivity contribution in [3.05, 3.63) is 29.6 Å². The highest BCUT2D eigenvalue weighted by atomic mass is 35.5. The van der Waals surface area contributed by atoms with Crippen LogP contribution in [0.2, 0.25) is 0 Å². The van der Waals surface area contributed by atoms with Gasteiger partial charge in [-0.1, -0.05) is 18.9 Å². The van der Waals surface area contributed by atoms with E-state index in [9.17, 15) is 4.39 Å². The van der Waals surface area contributed by atoms with Crippen LogP contribution in [0.3, 0.4) is 0 Å². The molecule has 0 amide bonds. The molecule has 19 heavy (non-hydrogen) atoms. The van der Waals surface area contributed by atoms with E-state index in [1.165, 1.54) is 38.5 Å². The van der Waals surface area contributed by atoms with Gasteiger partial charge in [0, 0.05) is 18.5 Å². The monoisotopic (exact) mass is 281 g/mol. The van der Waals surface area contributed by atoms with Gasteiger partial charge in [-0.25, -0.2) is 4.39 Å². The molecule has 1 aromatic carbocycles. The minimum atomic E-state index is -0.108. The third kappa shape index (κ3) is 2.60. The second-order valence-electron chi connectivity index (χ2n) is 5.87. The van der Waals surface area contributed by atoms with Crippen molar-refractivity contribution in [2.45, 2.75) is 50.4 Å². The molecule has 1 nitrogen and oxygen atoms in total. The first kappa shape index (κ1) is 13.2. The van der Waals surface area contributed by atoms with Gasteiger partial charge in [-0.3, -0.25) is 0 Å². The molecule has 3 rings (SSSR count). The van der Waals surface area contributed by atoms with Crippen LogP contribution in [0.25, 0.3) is 0 Å². The van der Waals surface area contributed by atoms with Gasteiger partial charge in [-0.15, -0.1) is 11.6 Å². The summed E-state index contributed by atoms with van der Waals surface area (Å²) in [5.74, 6) is 1.04. The van der Waals surface area contributed by atoms with Crippen molar-refractivity contribution in [3.8, 4) is 0 Å². The molecule has 1 atom stereocenters. The fourth-order valence-electron chi connectivity index (χ4n) is 3.79. The third-order valence-corrected chi connectivity index (χ3v) is 5.03. The lowest BCUT2D eigenvalue weighted by Crippen LogP contribution is -2.35. The number of hydrogen-bond donors (Lipinski definition) is 0. The zero-order valence-electron chi connectivity index (χ0n) is 11.2. The van der Waals surface area contributed by atoms with E-state index in [2.05, 4.69) is 4.90 Å². The molecular formula is C16H21ClFN. The Bertz CT molecular complexity index is 442. The van der Waals surface area contributed by atoms with Crippen molar-refractivity contribution in [1.82, 2.24) is 0 Å². The number of anilines is 1. The Morgan fingerprint density at radius 1 is 1.16 bits per heavy atom. The van der Waals surface area contributed by atoms with Crippen LogP contribution < -0.4 is 4.90 Å². The van der Waals surface area contributed by atoms with E-state index < -0.39 is 0 Å². The molecule has 0 radical (unpaired) electrons. The number of rotatable bonds is 3. The summed E-state index contributed by atoms with van der Waals surface area (Å²) in [6.45, 7) is 0.998. The van der Waals surface area contributed by atoms with E-state index >= 15 is 0 Å². The summed E-state index contributed by atoms with van der Waals surface area (Å²) >= 11 is 5.76. The number of benzene rings is 1. The van der Waals surface area contributed by atoms with Crippen LogP contribution in [0.15, 0.2) is 18.2 Å². The van der Waals surface area contributed by atoms with Crippen LogP contribution in [-0.2, 0) is 5.88 Å². The van der Waals surface area contributed by atoms with Crippen LogP contribution in [0.5, 0.6) is 0 Å². The van der Waals surface area contributed by atoms with E-state index in [1.54, 1.807) is 6.07 Å². The predicted molar refractivity (Wildman–Crippen MR) is 78.3 cm³/mol. The summed E-state index contributed by atoms with van der Waals surface area (Å²) in [5.41, 5.74) is 1.64. The second-order valence-corrected chi connectivity index (χ2v) is 6.13. The molecule has 0 bridgehead atoms. The van der Waals surface area contributed by atoms with E-state index in [0.29, 0.717) is 11.9 Å². The highest BCUT2D eigenvalue weighted by molar-refractivity contribution is 6.17. The Morgan fingerprint density at radius 3 is 2.63 bits per heavy atom. The zero-order valence-corrected chi connectivity index (χ0v) is 12.0. The maximum atomic E-state index is 14.2. The van der Waals surface area contributed by atoms with Gasteiger partial charge >= 0.3 is 0 Å². The lowest BCUT2D eigenvalue weighted by atomic mass is 9.95. The highest BCUT2D eigenvalue weighted by Gasteiger charge is 2.34. The van der Waals surface area contributed by atoms with Gasteiger partial charge in [0.1, 0.15) is 5.82 Å². The molecule has 2 fully saturated rings. The molecule has 104 valence electrons. The van der Waals surface area contributed by atoms with Crippen molar-refractivity contribution in [2.75, 3.05) is 11.4 Å². The quantitative estimate of drug-likeness (QED) is 0.725. The molecule has 1 saturated heterocycles. The Labute approximate surface area is 119 Å². The first-order valence-electron chi connectivity index (χ1n) is 7.40. The average molecular weight is 282 g/mol. The van der Waals surface area contributed by atoms with E-state index in [1.807, 2.05) is 12.1 Å². The summed E-state index contributed by atoms with van der Waals surface area (Å²) in [6, 6.07) is 6.01. The minimum absolute atomic E-state index is 0.108. The summed E-state index contributed by atoms with van der Waals surface area (Å²) < 4.78 is 14.2. The van der Waals surface area contributed by atoms with Gasteiger partial charge in [-0.2, -0.15) is 0 Å². The molecule has 2 aliphatic rings. The van der Waals surface area contributed by atoms with Crippen LogP contribution in [-0.4, -0.2) is 12.6 Å². The summed E-state index contributed by atoms with van der Waals surface area (Å²) in [5, 5.41) is 0. The summed E-state index contributed by atoms with van der Waals surface area (Å²) in [6.07, 6.45) is 7.76. The van der Waals surface area contributed by atoms with Gasteiger partial charge in [0.25, 0.3) is 0 Å². The Kier molecular flexibility index (Phi) is 3.97. The molecule has 0 N–H and O–H groups in total. The van der Waals surface area contributed by atoms with Gasteiger partial charge in [0.15, 0.2) is 0 Å². The molecule has 0 aromatic heterocycles. The number of alkyl halides is 1. The molecule has 1 aromatic rings. The molecule has 1 aliphatic heterocycles. The number of hydrogen-bond acceptors (Lipinski definition) is 1. The Hall–Kier alpha value is -0.760. The maximum absolute atomic E-state index is 14.2. The van der Waals surface area contributed by atoms with Crippen molar-refractivity contribution in [3.63, 3.8) is 0 Å². The topological polar surface area (TPSA) is 3.24 Å². The minimum Gasteiger partial charge on any atom is -0.366 e. The SMILES string of the molecule is Fc1cc(CCl)ccc1N1CCCC1C1CCCC1. The van der Waals surface area contributed by atoms with E-state index in [0.717, 1.165) is 23.7 Å². The smallest absolute Gasteiger partial charge is 0.146 e. The van der Waals surface area contributed by atoms with E-state index in [-0.39, 0.29) is 5.82 Å². The lowest BCUT2D eigenvalue weighted by Gasteiger charge is -2.31. The van der Waals surface area contributed by atoms with Crippen LogP contribution >= 0.6 is 11.6 Å². The fourth-order valence-corrected chi connectivity index (χ4v) is 3.96. The molecule has 1 heterocycles. The van der Waals surface area contributed by atoms with E-state index in [4.69, 9.17) is 11.6 Å². The summed E-state index contributed by atoms with van der Waals surface area (Å²) in [4.78, 5) is 2.31. The molecule has 1 unspecified atom stereocenters. The highest BCUT2D eigenvalue weighted by Crippen LogP contribution is 2.38. The molecular weight excluding hydrogens is 261 g/mol. The third-order valence-electron chi connectivity index (χ3n) is 4.72. The molecule has 0 spiro atoms. The molecule has 3 heteroatoms. The predicted octanol–water partition coefficient (Wildman–Crippen LogP) is 4.72. The van der Waals surface area contributed by atoms with Crippen LogP contribution in [0, 0.1) is 11.7 Å². The zero-order chi connectivity index (χ0) is 13.2. The lowest BCUT2D eigenvalue weighted by molar-refractivity contribution is 0.427. The van der Waals surface area contributed by atoms with Crippen molar-refractivity contribution in [2.24, 2.45) is 5.92 Å². The second kappa shape index (κ2) is 5.70. The van der Waals surface area contributed by atoms with Gasteiger partial charge in [0.05, 0.1) is 5.69 Å². The van der Waals surface area contributed by atoms with Gasteiger partial charge < -0.3 is 4.90 Å². The first-order chi connectivity index (χ1) is 9.29. The molecule has 1 aliphatic carbocycles. The summed E-state index contributed by atoms with van der Waals surface area (Å²) in [7, 11) is 0. The normalized spacial score (nSPS) is 24.3. The van der Waals surface area contributed by atoms with Crippen LogP contribution in [0.1, 0.15) is 44.1 Å². The first-order valence-corrected chi connectivity index (χ1v) is 7.94. The number of nitrogens with zero attached hydrogens (tertiary/aromatic N) is 1.